The molecule has 1 atom stereocenters. The summed E-state index contributed by atoms with van der Waals surface area (Å²) in [6.07, 6.45) is 0.723. The molecule has 1 aromatic heterocycles. The molecule has 0 radical (unpaired) electrons. The largest absolute Gasteiger partial charge is 0.478 e. The maximum atomic E-state index is 12.0. The van der Waals surface area contributed by atoms with E-state index >= 15 is 0 Å². The number of carbonyl (C=O) groups is 1. The number of hydrogen-bond acceptors (Lipinski definition) is 3. The molecule has 2 N–H and O–H groups in total. The Morgan fingerprint density at radius 2 is 2.33 bits per heavy atom. The summed E-state index contributed by atoms with van der Waals surface area (Å²) in [6.45, 7) is 1.04. The van der Waals surface area contributed by atoms with Gasteiger partial charge < -0.3 is 14.8 Å². The van der Waals surface area contributed by atoms with Gasteiger partial charge in [-0.15, -0.1) is 0 Å². The van der Waals surface area contributed by atoms with Crippen LogP contribution < -0.4 is 5.69 Å². The molecule has 0 amide bonds. The molecule has 0 aliphatic carbocycles. The number of aromatic amines is 1. The van der Waals surface area contributed by atoms with Gasteiger partial charge in [0.2, 0.25) is 0 Å². The smallest absolute Gasteiger partial charge is 0.337 e. The molecule has 1 fully saturated rings. The van der Waals surface area contributed by atoms with Gasteiger partial charge >= 0.3 is 11.7 Å². The van der Waals surface area contributed by atoms with Crippen LogP contribution in [-0.2, 0) is 4.74 Å². The van der Waals surface area contributed by atoms with Crippen molar-refractivity contribution in [2.75, 3.05) is 13.2 Å². The van der Waals surface area contributed by atoms with E-state index in [0.717, 1.165) is 6.42 Å². The zero-order valence-electron chi connectivity index (χ0n) is 9.55. The minimum absolute atomic E-state index is 0.0910. The molecule has 1 saturated heterocycles. The lowest BCUT2D eigenvalue weighted by atomic mass is 10.1. The molecule has 1 aliphatic rings. The van der Waals surface area contributed by atoms with E-state index in [9.17, 15) is 14.7 Å². The summed E-state index contributed by atoms with van der Waals surface area (Å²) in [5.41, 5.74) is 0.851. The Labute approximate surface area is 102 Å². The fourth-order valence-corrected chi connectivity index (χ4v) is 2.43. The van der Waals surface area contributed by atoms with Crippen molar-refractivity contribution in [1.82, 2.24) is 9.55 Å². The molecule has 18 heavy (non-hydrogen) atoms. The van der Waals surface area contributed by atoms with E-state index < -0.39 is 5.97 Å². The number of nitrogens with zero attached hydrogens (tertiary/aromatic N) is 1. The molecule has 0 spiro atoms. The number of aromatic carboxylic acids is 1. The Kier molecular flexibility index (Phi) is 2.45. The molecule has 94 valence electrons. The van der Waals surface area contributed by atoms with Crippen LogP contribution >= 0.6 is 0 Å². The van der Waals surface area contributed by atoms with Crippen LogP contribution in [0, 0.1) is 0 Å². The first-order valence-corrected chi connectivity index (χ1v) is 5.73. The van der Waals surface area contributed by atoms with Gasteiger partial charge in [-0.1, -0.05) is 6.07 Å². The van der Waals surface area contributed by atoms with Crippen molar-refractivity contribution >= 4 is 17.0 Å². The van der Waals surface area contributed by atoms with Crippen LogP contribution in [0.2, 0.25) is 0 Å². The number of H-pyrrole nitrogens is 1. The van der Waals surface area contributed by atoms with Gasteiger partial charge in [0.1, 0.15) is 0 Å². The normalized spacial score (nSPS) is 19.4. The van der Waals surface area contributed by atoms with Crippen molar-refractivity contribution in [2.24, 2.45) is 0 Å². The van der Waals surface area contributed by atoms with Crippen LogP contribution in [-0.4, -0.2) is 33.8 Å². The van der Waals surface area contributed by atoms with Crippen LogP contribution in [0.25, 0.3) is 11.0 Å². The van der Waals surface area contributed by atoms with E-state index in [1.165, 1.54) is 10.6 Å². The third kappa shape index (κ3) is 1.53. The van der Waals surface area contributed by atoms with Crippen LogP contribution in [0.5, 0.6) is 0 Å². The first kappa shape index (κ1) is 11.0. The fraction of sp³-hybridized carbons (Fsp3) is 0.333. The number of carboxylic acids is 1. The molecule has 3 rings (SSSR count). The number of para-hydroxylation sites is 1. The first-order chi connectivity index (χ1) is 8.68. The minimum Gasteiger partial charge on any atom is -0.478 e. The number of fused-ring (bicyclic) bond motifs is 1. The van der Waals surface area contributed by atoms with Gasteiger partial charge in [-0.2, -0.15) is 0 Å². The summed E-state index contributed by atoms with van der Waals surface area (Å²) in [5.74, 6) is -1.03. The van der Waals surface area contributed by atoms with Crippen LogP contribution in [0.3, 0.4) is 0 Å². The van der Waals surface area contributed by atoms with E-state index in [1.807, 2.05) is 0 Å². The van der Waals surface area contributed by atoms with E-state index in [4.69, 9.17) is 4.74 Å². The maximum Gasteiger partial charge on any atom is 0.337 e. The molecule has 1 aliphatic heterocycles. The van der Waals surface area contributed by atoms with E-state index in [0.29, 0.717) is 24.2 Å². The second-order valence-electron chi connectivity index (χ2n) is 4.32. The van der Waals surface area contributed by atoms with E-state index in [2.05, 4.69) is 4.98 Å². The summed E-state index contributed by atoms with van der Waals surface area (Å²) >= 11 is 0. The Morgan fingerprint density at radius 3 is 3.00 bits per heavy atom. The highest BCUT2D eigenvalue weighted by molar-refractivity contribution is 6.01. The van der Waals surface area contributed by atoms with E-state index in [1.54, 1.807) is 12.1 Å². The SMILES string of the molecule is O=C(O)c1cccc2[nH]c(=O)n(C3CCOC3)c12. The van der Waals surface area contributed by atoms with Crippen molar-refractivity contribution in [3.63, 3.8) is 0 Å². The lowest BCUT2D eigenvalue weighted by Crippen LogP contribution is -2.23. The van der Waals surface area contributed by atoms with Crippen molar-refractivity contribution < 1.29 is 14.6 Å². The number of rotatable bonds is 2. The number of hydrogen-bond donors (Lipinski definition) is 2. The standard InChI is InChI=1S/C12H12N2O4/c15-11(16)8-2-1-3-9-10(8)14(12(17)13-9)7-4-5-18-6-7/h1-3,7H,4-6H2,(H,13,17)(H,15,16). The molecule has 2 heterocycles. The van der Waals surface area contributed by atoms with Gasteiger partial charge in [0.05, 0.1) is 29.2 Å². The van der Waals surface area contributed by atoms with Crippen molar-refractivity contribution in [1.29, 1.82) is 0 Å². The molecule has 0 bridgehead atoms. The highest BCUT2D eigenvalue weighted by Gasteiger charge is 2.24. The molecule has 1 aromatic carbocycles. The molecular weight excluding hydrogens is 236 g/mol. The van der Waals surface area contributed by atoms with Crippen molar-refractivity contribution in [3.05, 3.63) is 34.2 Å². The van der Waals surface area contributed by atoms with Gasteiger partial charge in [-0.25, -0.2) is 9.59 Å². The number of ether oxygens (including phenoxy) is 1. The summed E-state index contributed by atoms with van der Waals surface area (Å²) in [7, 11) is 0. The second kappa shape index (κ2) is 3.99. The molecule has 6 heteroatoms. The second-order valence-corrected chi connectivity index (χ2v) is 4.32. The Balaban J connectivity index is 2.32. The fourth-order valence-electron chi connectivity index (χ4n) is 2.43. The third-order valence-electron chi connectivity index (χ3n) is 3.24. The van der Waals surface area contributed by atoms with Crippen LogP contribution in [0.4, 0.5) is 0 Å². The van der Waals surface area contributed by atoms with Gasteiger partial charge in [0.25, 0.3) is 0 Å². The summed E-state index contributed by atoms with van der Waals surface area (Å²) in [4.78, 5) is 25.9. The number of imidazole rings is 1. The Hall–Kier alpha value is -2.08. The summed E-state index contributed by atoms with van der Waals surface area (Å²) in [5, 5.41) is 9.20. The number of nitrogens with one attached hydrogen (secondary N) is 1. The Morgan fingerprint density at radius 1 is 1.50 bits per heavy atom. The van der Waals surface area contributed by atoms with Crippen LogP contribution in [0.1, 0.15) is 22.8 Å². The summed E-state index contributed by atoms with van der Waals surface area (Å²) < 4.78 is 6.77. The highest BCUT2D eigenvalue weighted by Crippen LogP contribution is 2.24. The molecule has 0 saturated carbocycles. The van der Waals surface area contributed by atoms with Gasteiger partial charge in [-0.3, -0.25) is 4.57 Å². The quantitative estimate of drug-likeness (QED) is 0.830. The van der Waals surface area contributed by atoms with Gasteiger partial charge in [-0.05, 0) is 18.6 Å². The van der Waals surface area contributed by atoms with E-state index in [-0.39, 0.29) is 17.3 Å². The lowest BCUT2D eigenvalue weighted by Gasteiger charge is -2.11. The monoisotopic (exact) mass is 248 g/mol. The molecule has 1 unspecified atom stereocenters. The first-order valence-electron chi connectivity index (χ1n) is 5.73. The Bertz CT molecular complexity index is 664. The third-order valence-corrected chi connectivity index (χ3v) is 3.24. The predicted molar refractivity (Wildman–Crippen MR) is 64.0 cm³/mol. The van der Waals surface area contributed by atoms with Gasteiger partial charge in [0.15, 0.2) is 0 Å². The molecular formula is C12H12N2O4. The minimum atomic E-state index is -1.03. The number of carboxylic acid groups (broad SMARTS) is 1. The average Bonchev–Trinajstić information content (AvgIpc) is 2.93. The van der Waals surface area contributed by atoms with Crippen molar-refractivity contribution in [3.8, 4) is 0 Å². The number of aromatic nitrogens is 2. The maximum absolute atomic E-state index is 12.0. The van der Waals surface area contributed by atoms with Gasteiger partial charge in [0, 0.05) is 6.61 Å². The average molecular weight is 248 g/mol. The zero-order chi connectivity index (χ0) is 12.7. The molecule has 6 nitrogen and oxygen atoms in total. The topological polar surface area (TPSA) is 84.3 Å². The summed E-state index contributed by atoms with van der Waals surface area (Å²) in [6, 6.07) is 4.74. The molecule has 2 aromatic rings. The van der Waals surface area contributed by atoms with Crippen molar-refractivity contribution in [2.45, 2.75) is 12.5 Å². The van der Waals surface area contributed by atoms with Crippen LogP contribution in [0.15, 0.2) is 23.0 Å². The predicted octanol–water partition coefficient (Wildman–Crippen LogP) is 0.989. The number of benzene rings is 1. The highest BCUT2D eigenvalue weighted by atomic mass is 16.5. The lowest BCUT2D eigenvalue weighted by molar-refractivity contribution is 0.0698. The zero-order valence-corrected chi connectivity index (χ0v) is 9.55.